The van der Waals surface area contributed by atoms with Crippen LogP contribution in [0, 0.1) is 0 Å². The lowest BCUT2D eigenvalue weighted by molar-refractivity contribution is 0.170. The van der Waals surface area contributed by atoms with Crippen LogP contribution in [0.5, 0.6) is 11.5 Å². The van der Waals surface area contributed by atoms with Crippen LogP contribution < -0.4 is 14.8 Å². The van der Waals surface area contributed by atoms with Gasteiger partial charge in [-0.3, -0.25) is 0 Å². The SMILES string of the molecule is CC(F)c1cc2c(cc1C1CCNCC1)OCCO2. The lowest BCUT2D eigenvalue weighted by Gasteiger charge is -2.28. The Hall–Kier alpha value is -1.29. The van der Waals surface area contributed by atoms with Crippen LogP contribution in [0.4, 0.5) is 4.39 Å². The second-order valence-electron chi connectivity index (χ2n) is 5.27. The molecule has 2 aliphatic rings. The summed E-state index contributed by atoms with van der Waals surface area (Å²) < 4.78 is 25.1. The van der Waals surface area contributed by atoms with Crippen LogP contribution in [0.15, 0.2) is 12.1 Å². The third-order valence-corrected chi connectivity index (χ3v) is 3.96. The topological polar surface area (TPSA) is 30.5 Å². The van der Waals surface area contributed by atoms with Crippen molar-refractivity contribution in [1.29, 1.82) is 0 Å². The molecule has 0 radical (unpaired) electrons. The molecule has 3 nitrogen and oxygen atoms in total. The Bertz CT molecular complexity index is 456. The van der Waals surface area contributed by atoms with E-state index in [1.54, 1.807) is 6.92 Å². The number of hydrogen-bond donors (Lipinski definition) is 1. The molecule has 3 rings (SSSR count). The maximum Gasteiger partial charge on any atom is 0.161 e. The largest absolute Gasteiger partial charge is 0.486 e. The van der Waals surface area contributed by atoms with Crippen molar-refractivity contribution in [2.75, 3.05) is 26.3 Å². The second kappa shape index (κ2) is 5.37. The molecule has 4 heteroatoms. The van der Waals surface area contributed by atoms with E-state index < -0.39 is 6.17 Å². The highest BCUT2D eigenvalue weighted by Gasteiger charge is 2.24. The van der Waals surface area contributed by atoms with E-state index in [4.69, 9.17) is 9.47 Å². The zero-order valence-electron chi connectivity index (χ0n) is 11.2. The molecule has 1 atom stereocenters. The van der Waals surface area contributed by atoms with E-state index in [0.717, 1.165) is 42.8 Å². The number of piperidine rings is 1. The minimum Gasteiger partial charge on any atom is -0.486 e. The number of alkyl halides is 1. The number of fused-ring (bicyclic) bond motifs is 1. The fourth-order valence-corrected chi connectivity index (χ4v) is 2.95. The molecular formula is C15H20FNO2. The van der Waals surface area contributed by atoms with Crippen molar-refractivity contribution in [2.45, 2.75) is 31.9 Å². The molecule has 0 spiro atoms. The Morgan fingerprint density at radius 1 is 1.16 bits per heavy atom. The van der Waals surface area contributed by atoms with Gasteiger partial charge < -0.3 is 14.8 Å². The van der Waals surface area contributed by atoms with Gasteiger partial charge >= 0.3 is 0 Å². The van der Waals surface area contributed by atoms with Crippen LogP contribution in [0.3, 0.4) is 0 Å². The van der Waals surface area contributed by atoms with Crippen LogP contribution in [-0.4, -0.2) is 26.3 Å². The molecule has 0 saturated carbocycles. The van der Waals surface area contributed by atoms with Crippen LogP contribution in [-0.2, 0) is 0 Å². The summed E-state index contributed by atoms with van der Waals surface area (Å²) in [6, 6.07) is 3.83. The van der Waals surface area contributed by atoms with Crippen molar-refractivity contribution < 1.29 is 13.9 Å². The molecule has 104 valence electrons. The average molecular weight is 265 g/mol. The summed E-state index contributed by atoms with van der Waals surface area (Å²) in [6.07, 6.45) is 1.14. The average Bonchev–Trinajstić information content (AvgIpc) is 2.46. The van der Waals surface area contributed by atoms with Crippen molar-refractivity contribution in [3.63, 3.8) is 0 Å². The van der Waals surface area contributed by atoms with Gasteiger partial charge in [-0.05, 0) is 62.0 Å². The summed E-state index contributed by atoms with van der Waals surface area (Å²) in [6.45, 7) is 4.71. The van der Waals surface area contributed by atoms with Gasteiger partial charge in [0.1, 0.15) is 19.4 Å². The van der Waals surface area contributed by atoms with E-state index in [9.17, 15) is 4.39 Å². The van der Waals surface area contributed by atoms with Crippen molar-refractivity contribution >= 4 is 0 Å². The normalized spacial score (nSPS) is 21.2. The smallest absolute Gasteiger partial charge is 0.161 e. The van der Waals surface area contributed by atoms with Crippen molar-refractivity contribution in [3.8, 4) is 11.5 Å². The molecule has 2 heterocycles. The summed E-state index contributed by atoms with van der Waals surface area (Å²) in [5.41, 5.74) is 1.86. The molecule has 1 saturated heterocycles. The van der Waals surface area contributed by atoms with Gasteiger partial charge in [-0.15, -0.1) is 0 Å². The van der Waals surface area contributed by atoms with E-state index in [1.807, 2.05) is 12.1 Å². The van der Waals surface area contributed by atoms with Gasteiger partial charge in [-0.1, -0.05) is 0 Å². The highest BCUT2D eigenvalue weighted by molar-refractivity contribution is 5.50. The zero-order valence-corrected chi connectivity index (χ0v) is 11.2. The molecule has 0 amide bonds. The number of benzene rings is 1. The van der Waals surface area contributed by atoms with Gasteiger partial charge in [0, 0.05) is 0 Å². The fourth-order valence-electron chi connectivity index (χ4n) is 2.95. The van der Waals surface area contributed by atoms with Gasteiger partial charge in [0.15, 0.2) is 11.5 Å². The summed E-state index contributed by atoms with van der Waals surface area (Å²) in [7, 11) is 0. The maximum absolute atomic E-state index is 13.9. The molecule has 1 aromatic carbocycles. The van der Waals surface area contributed by atoms with Crippen LogP contribution in [0.25, 0.3) is 0 Å². The Labute approximate surface area is 113 Å². The zero-order chi connectivity index (χ0) is 13.2. The van der Waals surface area contributed by atoms with E-state index in [0.29, 0.717) is 24.9 Å². The number of nitrogens with one attached hydrogen (secondary N) is 1. The van der Waals surface area contributed by atoms with Gasteiger partial charge in [-0.25, -0.2) is 4.39 Å². The molecule has 0 aromatic heterocycles. The second-order valence-corrected chi connectivity index (χ2v) is 5.27. The highest BCUT2D eigenvalue weighted by atomic mass is 19.1. The molecule has 0 aliphatic carbocycles. The lowest BCUT2D eigenvalue weighted by atomic mass is 9.85. The van der Waals surface area contributed by atoms with Crippen LogP contribution in [0.2, 0.25) is 0 Å². The quantitative estimate of drug-likeness (QED) is 0.891. The first-order chi connectivity index (χ1) is 9.25. The minimum absolute atomic E-state index is 0.422. The first-order valence-corrected chi connectivity index (χ1v) is 7.04. The first kappa shape index (κ1) is 12.7. The number of hydrogen-bond acceptors (Lipinski definition) is 3. The summed E-state index contributed by atoms with van der Waals surface area (Å²) in [5, 5.41) is 3.35. The molecule has 1 aromatic rings. The highest BCUT2D eigenvalue weighted by Crippen LogP contribution is 2.41. The number of rotatable bonds is 2. The summed E-state index contributed by atoms with van der Waals surface area (Å²) in [4.78, 5) is 0. The molecule has 0 bridgehead atoms. The van der Waals surface area contributed by atoms with Gasteiger partial charge in [-0.2, -0.15) is 0 Å². The summed E-state index contributed by atoms with van der Waals surface area (Å²) >= 11 is 0. The number of ether oxygens (including phenoxy) is 2. The summed E-state index contributed by atoms with van der Waals surface area (Å²) in [5.74, 6) is 1.87. The molecule has 1 N–H and O–H groups in total. The van der Waals surface area contributed by atoms with Gasteiger partial charge in [0.25, 0.3) is 0 Å². The maximum atomic E-state index is 13.9. The van der Waals surface area contributed by atoms with Crippen LogP contribution >= 0.6 is 0 Å². The third-order valence-electron chi connectivity index (χ3n) is 3.96. The Morgan fingerprint density at radius 2 is 1.79 bits per heavy atom. The minimum atomic E-state index is -0.972. The standard InChI is InChI=1S/C15H20FNO2/c1-10(16)12-8-14-15(19-7-6-18-14)9-13(12)11-2-4-17-5-3-11/h8-11,17H,2-7H2,1H3. The van der Waals surface area contributed by atoms with Gasteiger partial charge in [0.2, 0.25) is 0 Å². The number of halogens is 1. The Kier molecular flexibility index (Phi) is 3.60. The van der Waals surface area contributed by atoms with Crippen molar-refractivity contribution in [1.82, 2.24) is 5.32 Å². The molecule has 1 fully saturated rings. The first-order valence-electron chi connectivity index (χ1n) is 7.04. The predicted octanol–water partition coefficient (Wildman–Crippen LogP) is 2.96. The van der Waals surface area contributed by atoms with Crippen LogP contribution in [0.1, 0.15) is 43.0 Å². The van der Waals surface area contributed by atoms with E-state index in [1.165, 1.54) is 0 Å². The van der Waals surface area contributed by atoms with Crippen molar-refractivity contribution in [2.24, 2.45) is 0 Å². The molecule has 2 aliphatic heterocycles. The monoisotopic (exact) mass is 265 g/mol. The van der Waals surface area contributed by atoms with Crippen molar-refractivity contribution in [3.05, 3.63) is 23.3 Å². The van der Waals surface area contributed by atoms with Gasteiger partial charge in [0.05, 0.1) is 0 Å². The molecule has 19 heavy (non-hydrogen) atoms. The predicted molar refractivity (Wildman–Crippen MR) is 71.8 cm³/mol. The molecule has 1 unspecified atom stereocenters. The van der Waals surface area contributed by atoms with E-state index >= 15 is 0 Å². The molecular weight excluding hydrogens is 245 g/mol. The van der Waals surface area contributed by atoms with E-state index in [-0.39, 0.29) is 0 Å². The fraction of sp³-hybridized carbons (Fsp3) is 0.600. The lowest BCUT2D eigenvalue weighted by Crippen LogP contribution is -2.27. The Balaban J connectivity index is 2.00. The Morgan fingerprint density at radius 3 is 2.42 bits per heavy atom. The van der Waals surface area contributed by atoms with E-state index in [2.05, 4.69) is 5.32 Å². The third kappa shape index (κ3) is 2.54.